The van der Waals surface area contributed by atoms with E-state index in [0.29, 0.717) is 10.4 Å². The van der Waals surface area contributed by atoms with E-state index in [4.69, 9.17) is 0 Å². The zero-order valence-corrected chi connectivity index (χ0v) is 16.9. The maximum Gasteiger partial charge on any atom is 0.279 e. The van der Waals surface area contributed by atoms with E-state index < -0.39 is 0 Å². The van der Waals surface area contributed by atoms with Crippen molar-refractivity contribution < 1.29 is 4.79 Å². The van der Waals surface area contributed by atoms with E-state index in [9.17, 15) is 4.79 Å². The maximum absolute atomic E-state index is 12.8. The minimum Gasteiger partial charge on any atom is -0.284 e. The molecular formula is C26H18N2OS. The Balaban J connectivity index is 1.78. The Morgan fingerprint density at radius 1 is 0.733 bits per heavy atom. The minimum atomic E-state index is -0.244. The molecule has 1 heterocycles. The van der Waals surface area contributed by atoms with Gasteiger partial charge < -0.3 is 0 Å². The number of hydrogen-bond donors (Lipinski definition) is 0. The topological polar surface area (TPSA) is 34.4 Å². The van der Waals surface area contributed by atoms with Crippen LogP contribution in [0.3, 0.4) is 0 Å². The van der Waals surface area contributed by atoms with Crippen molar-refractivity contribution in [2.24, 2.45) is 4.99 Å². The summed E-state index contributed by atoms with van der Waals surface area (Å²) in [6.45, 7) is 0. The van der Waals surface area contributed by atoms with E-state index in [1.807, 2.05) is 54.6 Å². The molecule has 0 aliphatic carbocycles. The molecule has 0 N–H and O–H groups in total. The summed E-state index contributed by atoms with van der Waals surface area (Å²) < 4.78 is 2.09. The second-order valence-electron chi connectivity index (χ2n) is 6.89. The van der Waals surface area contributed by atoms with Crippen molar-refractivity contribution in [1.29, 1.82) is 0 Å². The molecule has 0 aliphatic rings. The first-order valence-electron chi connectivity index (χ1n) is 9.69. The molecule has 0 fully saturated rings. The van der Waals surface area contributed by atoms with Crippen LogP contribution in [0.15, 0.2) is 114 Å². The zero-order chi connectivity index (χ0) is 20.3. The van der Waals surface area contributed by atoms with Gasteiger partial charge in [0.05, 0.1) is 11.4 Å². The van der Waals surface area contributed by atoms with Gasteiger partial charge in [0.15, 0.2) is 4.80 Å². The average Bonchev–Trinajstić information content (AvgIpc) is 3.23. The highest BCUT2D eigenvalue weighted by atomic mass is 32.1. The average molecular weight is 407 g/mol. The Hall–Kier alpha value is -3.76. The summed E-state index contributed by atoms with van der Waals surface area (Å²) in [5.74, 6) is -0.244. The maximum atomic E-state index is 12.8. The van der Waals surface area contributed by atoms with Crippen molar-refractivity contribution in [1.82, 2.24) is 4.57 Å². The highest BCUT2D eigenvalue weighted by Crippen LogP contribution is 2.28. The van der Waals surface area contributed by atoms with Crippen LogP contribution >= 0.6 is 11.3 Å². The van der Waals surface area contributed by atoms with Gasteiger partial charge in [0.2, 0.25) is 0 Å². The monoisotopic (exact) mass is 406 g/mol. The van der Waals surface area contributed by atoms with Gasteiger partial charge in [-0.1, -0.05) is 84.9 Å². The summed E-state index contributed by atoms with van der Waals surface area (Å²) in [7, 11) is 0. The molecule has 4 aromatic carbocycles. The Bertz CT molecular complexity index is 1390. The van der Waals surface area contributed by atoms with Gasteiger partial charge in [-0.3, -0.25) is 9.36 Å². The molecule has 0 aliphatic heterocycles. The van der Waals surface area contributed by atoms with Gasteiger partial charge in [-0.05, 0) is 29.1 Å². The number of rotatable bonds is 3. The van der Waals surface area contributed by atoms with Gasteiger partial charge in [-0.15, -0.1) is 11.3 Å². The minimum absolute atomic E-state index is 0.244. The third-order valence-electron chi connectivity index (χ3n) is 5.00. The molecule has 3 nitrogen and oxygen atoms in total. The summed E-state index contributed by atoms with van der Waals surface area (Å²) >= 11 is 1.47. The molecule has 144 valence electrons. The second-order valence-corrected chi connectivity index (χ2v) is 7.72. The second kappa shape index (κ2) is 7.93. The first-order chi connectivity index (χ1) is 14.8. The zero-order valence-electron chi connectivity index (χ0n) is 16.1. The molecule has 0 atom stereocenters. The molecular weight excluding hydrogens is 388 g/mol. The molecule has 5 aromatic rings. The normalized spacial score (nSPS) is 11.7. The number of aromatic nitrogens is 1. The molecule has 0 unspecified atom stereocenters. The Labute approximate surface area is 178 Å². The van der Waals surface area contributed by atoms with E-state index >= 15 is 0 Å². The predicted molar refractivity (Wildman–Crippen MR) is 123 cm³/mol. The fraction of sp³-hybridized carbons (Fsp3) is 0. The van der Waals surface area contributed by atoms with Gasteiger partial charge in [-0.2, -0.15) is 4.99 Å². The van der Waals surface area contributed by atoms with E-state index in [0.717, 1.165) is 27.7 Å². The van der Waals surface area contributed by atoms with Crippen LogP contribution in [0.1, 0.15) is 10.4 Å². The van der Waals surface area contributed by atoms with Gasteiger partial charge in [0.25, 0.3) is 5.91 Å². The first kappa shape index (κ1) is 18.3. The summed E-state index contributed by atoms with van der Waals surface area (Å²) in [4.78, 5) is 18.0. The van der Waals surface area contributed by atoms with E-state index in [1.165, 1.54) is 11.3 Å². The molecule has 5 rings (SSSR count). The smallest absolute Gasteiger partial charge is 0.279 e. The van der Waals surface area contributed by atoms with Crippen molar-refractivity contribution in [3.63, 3.8) is 0 Å². The lowest BCUT2D eigenvalue weighted by molar-refractivity contribution is 0.0998. The summed E-state index contributed by atoms with van der Waals surface area (Å²) in [5.41, 5.74) is 3.68. The predicted octanol–water partition coefficient (Wildman–Crippen LogP) is 6.10. The van der Waals surface area contributed by atoms with Gasteiger partial charge in [0.1, 0.15) is 0 Å². The van der Waals surface area contributed by atoms with Crippen LogP contribution in [-0.4, -0.2) is 10.5 Å². The number of nitrogens with zero attached hydrogens (tertiary/aromatic N) is 2. The molecule has 0 saturated heterocycles. The Morgan fingerprint density at radius 2 is 1.40 bits per heavy atom. The Morgan fingerprint density at radius 3 is 2.20 bits per heavy atom. The standard InChI is InChI=1S/C26H18N2OS/c29-25(21-13-5-2-6-14-21)27-26-28(24(18-30-26)20-11-3-1-4-12-20)23-17-9-15-19-10-7-8-16-22(19)23/h1-18H. The molecule has 0 bridgehead atoms. The number of thiazole rings is 1. The van der Waals surface area contributed by atoms with E-state index in [-0.39, 0.29) is 5.91 Å². The van der Waals surface area contributed by atoms with Gasteiger partial charge in [-0.25, -0.2) is 0 Å². The molecule has 1 aromatic heterocycles. The lowest BCUT2D eigenvalue weighted by atomic mass is 10.1. The Kier molecular flexibility index (Phi) is 4.83. The number of carbonyl (C=O) groups is 1. The fourth-order valence-electron chi connectivity index (χ4n) is 3.57. The SMILES string of the molecule is O=C(N=c1scc(-c2ccccc2)n1-c1cccc2ccccc12)c1ccccc1. The van der Waals surface area contributed by atoms with E-state index in [2.05, 4.69) is 51.3 Å². The van der Waals surface area contributed by atoms with Gasteiger partial charge >= 0.3 is 0 Å². The quantitative estimate of drug-likeness (QED) is 0.356. The van der Waals surface area contributed by atoms with Crippen molar-refractivity contribution in [2.75, 3.05) is 0 Å². The van der Waals surface area contributed by atoms with Crippen LogP contribution in [0, 0.1) is 0 Å². The van der Waals surface area contributed by atoms with Crippen LogP contribution < -0.4 is 4.80 Å². The highest BCUT2D eigenvalue weighted by Gasteiger charge is 2.14. The fourth-order valence-corrected chi connectivity index (χ4v) is 4.46. The van der Waals surface area contributed by atoms with Crippen molar-refractivity contribution >= 4 is 28.0 Å². The molecule has 1 amide bonds. The van der Waals surface area contributed by atoms with Crippen molar-refractivity contribution in [3.05, 3.63) is 119 Å². The molecule has 0 saturated carbocycles. The molecule has 0 spiro atoms. The highest BCUT2D eigenvalue weighted by molar-refractivity contribution is 7.07. The number of fused-ring (bicyclic) bond motifs is 1. The summed E-state index contributed by atoms with van der Waals surface area (Å²) in [6, 6.07) is 33.9. The number of carbonyl (C=O) groups excluding carboxylic acids is 1. The number of benzene rings is 4. The molecule has 30 heavy (non-hydrogen) atoms. The lowest BCUT2D eigenvalue weighted by Gasteiger charge is -2.12. The first-order valence-corrected chi connectivity index (χ1v) is 10.6. The van der Waals surface area contributed by atoms with Crippen LogP contribution in [0.2, 0.25) is 0 Å². The lowest BCUT2D eigenvalue weighted by Crippen LogP contribution is -2.16. The van der Waals surface area contributed by atoms with Crippen LogP contribution in [0.5, 0.6) is 0 Å². The summed E-state index contributed by atoms with van der Waals surface area (Å²) in [5, 5.41) is 4.33. The van der Waals surface area contributed by atoms with Gasteiger partial charge in [0, 0.05) is 16.3 Å². The third kappa shape index (κ3) is 3.38. The molecule has 4 heteroatoms. The largest absolute Gasteiger partial charge is 0.284 e. The van der Waals surface area contributed by atoms with Crippen LogP contribution in [0.4, 0.5) is 0 Å². The molecule has 0 radical (unpaired) electrons. The van der Waals surface area contributed by atoms with Crippen molar-refractivity contribution in [2.45, 2.75) is 0 Å². The van der Waals surface area contributed by atoms with Crippen molar-refractivity contribution in [3.8, 4) is 16.9 Å². The number of hydrogen-bond acceptors (Lipinski definition) is 2. The third-order valence-corrected chi connectivity index (χ3v) is 5.83. The van der Waals surface area contributed by atoms with Crippen LogP contribution in [0.25, 0.3) is 27.7 Å². The summed E-state index contributed by atoms with van der Waals surface area (Å²) in [6.07, 6.45) is 0. The van der Waals surface area contributed by atoms with E-state index in [1.54, 1.807) is 12.1 Å². The van der Waals surface area contributed by atoms with Crippen LogP contribution in [-0.2, 0) is 0 Å². The number of amides is 1.